The first-order chi connectivity index (χ1) is 19.5. The van der Waals surface area contributed by atoms with E-state index in [9.17, 15) is 4.39 Å². The van der Waals surface area contributed by atoms with Crippen LogP contribution >= 0.6 is 0 Å². The number of rotatable bonds is 4. The van der Waals surface area contributed by atoms with Gasteiger partial charge in [0, 0.05) is 29.9 Å². The van der Waals surface area contributed by atoms with E-state index in [0.29, 0.717) is 30.4 Å². The van der Waals surface area contributed by atoms with E-state index in [1.165, 1.54) is 16.7 Å². The normalized spacial score (nSPS) is 25.2. The van der Waals surface area contributed by atoms with Crippen LogP contribution < -0.4 is 11.1 Å². The second kappa shape index (κ2) is 9.09. The van der Waals surface area contributed by atoms with Gasteiger partial charge in [-0.2, -0.15) is 9.67 Å². The number of hydrogen-bond donors (Lipinski definition) is 2. The fraction of sp³-hybridized carbons (Fsp3) is 0.419. The summed E-state index contributed by atoms with van der Waals surface area (Å²) in [6.45, 7) is 0.628. The molecule has 9 heteroatoms. The van der Waals surface area contributed by atoms with Crippen molar-refractivity contribution in [2.24, 2.45) is 0 Å². The van der Waals surface area contributed by atoms with E-state index in [1.807, 2.05) is 12.1 Å². The Morgan fingerprint density at radius 2 is 1.70 bits per heavy atom. The minimum Gasteiger partial charge on any atom is -0.368 e. The molecule has 2 aromatic heterocycles. The molecule has 4 aromatic rings. The van der Waals surface area contributed by atoms with Gasteiger partial charge in [0.2, 0.25) is 11.9 Å². The maximum Gasteiger partial charge on any atom is 0.248 e. The average Bonchev–Trinajstić information content (AvgIpc) is 3.47. The molecule has 4 heterocycles. The number of nitrogens with zero attached hydrogens (tertiary/aromatic N) is 6. The first-order valence-electron chi connectivity index (χ1n) is 14.5. The molecule has 3 aliphatic carbocycles. The number of hydrogen-bond acceptors (Lipinski definition) is 7. The molecule has 2 saturated heterocycles. The Bertz CT molecular complexity index is 1610. The van der Waals surface area contributed by atoms with Crippen molar-refractivity contribution in [3.63, 3.8) is 0 Å². The summed E-state index contributed by atoms with van der Waals surface area (Å²) in [6.07, 6.45) is 8.68. The summed E-state index contributed by atoms with van der Waals surface area (Å²) < 4.78 is 16.1. The monoisotopic (exact) mass is 536 g/mol. The largest absolute Gasteiger partial charge is 0.368 e. The first-order valence-corrected chi connectivity index (χ1v) is 14.5. The molecule has 3 N–H and O–H groups in total. The first kappa shape index (κ1) is 24.0. The summed E-state index contributed by atoms with van der Waals surface area (Å²) in [5, 5.41) is 17.1. The second-order valence-corrected chi connectivity index (χ2v) is 12.0. The summed E-state index contributed by atoms with van der Waals surface area (Å²) in [7, 11) is 0. The molecule has 204 valence electrons. The molecule has 9 rings (SSSR count). The highest BCUT2D eigenvalue weighted by molar-refractivity contribution is 5.68. The molecule has 0 spiro atoms. The third-order valence-corrected chi connectivity index (χ3v) is 9.44. The lowest BCUT2D eigenvalue weighted by Gasteiger charge is -2.33. The topological polar surface area (TPSA) is 97.8 Å². The van der Waals surface area contributed by atoms with E-state index >= 15 is 0 Å². The lowest BCUT2D eigenvalue weighted by Crippen LogP contribution is -2.39. The van der Waals surface area contributed by atoms with Gasteiger partial charge < -0.3 is 11.1 Å². The third-order valence-electron chi connectivity index (χ3n) is 9.44. The summed E-state index contributed by atoms with van der Waals surface area (Å²) >= 11 is 0. The van der Waals surface area contributed by atoms with Crippen molar-refractivity contribution in [1.82, 2.24) is 29.9 Å². The molecular weight excluding hydrogens is 503 g/mol. The molecule has 2 aliphatic heterocycles. The number of anilines is 3. The Labute approximate surface area is 232 Å². The molecule has 0 amide bonds. The Hall–Kier alpha value is -3.85. The molecule has 2 aromatic carbocycles. The minimum atomic E-state index is -0.908. The summed E-state index contributed by atoms with van der Waals surface area (Å²) in [5.41, 5.74) is 13.6. The predicted molar refractivity (Wildman–Crippen MR) is 153 cm³/mol. The van der Waals surface area contributed by atoms with Crippen molar-refractivity contribution < 1.29 is 4.39 Å². The van der Waals surface area contributed by atoms with Gasteiger partial charge in [-0.15, -0.1) is 15.3 Å². The number of aryl methyl sites for hydroxylation is 4. The number of benzene rings is 2. The second-order valence-electron chi connectivity index (χ2n) is 12.0. The quantitative estimate of drug-likeness (QED) is 0.355. The van der Waals surface area contributed by atoms with Crippen LogP contribution in [0.2, 0.25) is 0 Å². The van der Waals surface area contributed by atoms with Gasteiger partial charge >= 0.3 is 0 Å². The van der Waals surface area contributed by atoms with Gasteiger partial charge in [-0.25, -0.2) is 4.39 Å². The smallest absolute Gasteiger partial charge is 0.248 e. The molecule has 1 saturated carbocycles. The fourth-order valence-electron chi connectivity index (χ4n) is 7.39. The van der Waals surface area contributed by atoms with Crippen LogP contribution in [0.3, 0.4) is 0 Å². The number of aromatic nitrogens is 5. The third kappa shape index (κ3) is 4.06. The molecule has 5 aliphatic rings. The number of nitrogens with two attached hydrogens (primary N) is 1. The van der Waals surface area contributed by atoms with E-state index in [0.717, 1.165) is 80.3 Å². The molecule has 8 nitrogen and oxygen atoms in total. The van der Waals surface area contributed by atoms with E-state index in [4.69, 9.17) is 5.73 Å². The highest BCUT2D eigenvalue weighted by Gasteiger charge is 2.57. The number of nitrogen functional groups attached to an aromatic ring is 1. The van der Waals surface area contributed by atoms with Crippen LogP contribution in [-0.2, 0) is 25.7 Å². The SMILES string of the molecule is Nc1nc(Nc2ccc3c(c2)CCC(N2CC4(F)CC2C4)CC3)nn1-c1cc2c(nn1)-c1ccccc1CCC2. The van der Waals surface area contributed by atoms with Crippen LogP contribution in [0.15, 0.2) is 48.5 Å². The number of halogens is 1. The van der Waals surface area contributed by atoms with Crippen molar-refractivity contribution in [3.05, 3.63) is 70.8 Å². The zero-order valence-corrected chi connectivity index (χ0v) is 22.5. The Kier molecular flexibility index (Phi) is 5.45. The van der Waals surface area contributed by atoms with Gasteiger partial charge in [0.05, 0.1) is 5.69 Å². The van der Waals surface area contributed by atoms with Crippen molar-refractivity contribution in [3.8, 4) is 17.1 Å². The molecule has 1 atom stereocenters. The zero-order chi connectivity index (χ0) is 26.8. The maximum absolute atomic E-state index is 14.5. The van der Waals surface area contributed by atoms with Crippen LogP contribution in [0, 0.1) is 0 Å². The standard InChI is InChI=1S/C31H33FN8/c32-31-16-25(17-31)39(18-31)24-12-9-19-8-11-23(14-21(19)10-13-24)34-30-35-29(33)40(38-30)27-15-22-6-3-5-20-4-1-2-7-26(20)28(22)37-36-27/h1-2,4,7-8,11,14-15,24-25H,3,5-6,9-10,12-13,16-18H2,(H3,33,34,35,38). The molecule has 1 unspecified atom stereocenters. The zero-order valence-electron chi connectivity index (χ0n) is 22.5. The van der Waals surface area contributed by atoms with Crippen LogP contribution in [0.1, 0.15) is 54.4 Å². The van der Waals surface area contributed by atoms with Crippen LogP contribution in [0.25, 0.3) is 17.1 Å². The Balaban J connectivity index is 1.00. The number of alkyl halides is 1. The lowest BCUT2D eigenvalue weighted by atomic mass is 9.83. The molecular formula is C31H33FN8. The minimum absolute atomic E-state index is 0.262. The van der Waals surface area contributed by atoms with E-state index in [-0.39, 0.29) is 5.95 Å². The van der Waals surface area contributed by atoms with Crippen molar-refractivity contribution in [2.45, 2.75) is 75.5 Å². The molecule has 3 fully saturated rings. The van der Waals surface area contributed by atoms with Gasteiger partial charge in [0.1, 0.15) is 5.67 Å². The average molecular weight is 537 g/mol. The maximum atomic E-state index is 14.5. The Morgan fingerprint density at radius 1 is 0.875 bits per heavy atom. The van der Waals surface area contributed by atoms with E-state index < -0.39 is 5.67 Å². The molecule has 40 heavy (non-hydrogen) atoms. The fourth-order valence-corrected chi connectivity index (χ4v) is 7.39. The van der Waals surface area contributed by atoms with Crippen molar-refractivity contribution in [2.75, 3.05) is 17.6 Å². The van der Waals surface area contributed by atoms with Crippen LogP contribution in [0.5, 0.6) is 0 Å². The summed E-state index contributed by atoms with van der Waals surface area (Å²) in [4.78, 5) is 6.92. The van der Waals surface area contributed by atoms with Gasteiger partial charge in [-0.3, -0.25) is 4.90 Å². The number of nitrogens with one attached hydrogen (secondary N) is 1. The van der Waals surface area contributed by atoms with E-state index in [2.05, 4.69) is 66.9 Å². The van der Waals surface area contributed by atoms with E-state index in [1.54, 1.807) is 4.68 Å². The Morgan fingerprint density at radius 3 is 2.55 bits per heavy atom. The van der Waals surface area contributed by atoms with Crippen molar-refractivity contribution in [1.29, 1.82) is 0 Å². The highest BCUT2D eigenvalue weighted by atomic mass is 19.1. The molecule has 2 bridgehead atoms. The van der Waals surface area contributed by atoms with Crippen LogP contribution in [0.4, 0.5) is 22.0 Å². The summed E-state index contributed by atoms with van der Waals surface area (Å²) in [6, 6.07) is 17.9. The number of fused-ring (bicyclic) bond motifs is 5. The van der Waals surface area contributed by atoms with Crippen molar-refractivity contribution >= 4 is 17.6 Å². The van der Waals surface area contributed by atoms with Gasteiger partial charge in [-0.05, 0) is 98.2 Å². The lowest BCUT2D eigenvalue weighted by molar-refractivity contribution is 0.102. The summed E-state index contributed by atoms with van der Waals surface area (Å²) in [5.74, 6) is 1.26. The van der Waals surface area contributed by atoms with Crippen LogP contribution in [-0.4, -0.2) is 54.2 Å². The van der Waals surface area contributed by atoms with Gasteiger partial charge in [0.25, 0.3) is 0 Å². The highest BCUT2D eigenvalue weighted by Crippen LogP contribution is 2.49. The van der Waals surface area contributed by atoms with Gasteiger partial charge in [-0.1, -0.05) is 30.3 Å². The predicted octanol–water partition coefficient (Wildman–Crippen LogP) is 4.97. The molecule has 0 radical (unpaired) electrons. The van der Waals surface area contributed by atoms with Gasteiger partial charge in [0.15, 0.2) is 5.82 Å².